The van der Waals surface area contributed by atoms with Gasteiger partial charge in [0.2, 0.25) is 0 Å². The van der Waals surface area contributed by atoms with Gasteiger partial charge in [-0.15, -0.1) is 0 Å². The van der Waals surface area contributed by atoms with Crippen molar-refractivity contribution in [2.75, 3.05) is 41.0 Å². The molecule has 0 aromatic heterocycles. The van der Waals surface area contributed by atoms with Crippen LogP contribution in [0.5, 0.6) is 0 Å². The summed E-state index contributed by atoms with van der Waals surface area (Å²) in [6.07, 6.45) is 55.0. The number of unbranched alkanes of at least 4 members (excludes halogenated alkanes) is 18. The summed E-state index contributed by atoms with van der Waals surface area (Å²) in [5, 5.41) is 11.6. The van der Waals surface area contributed by atoms with Gasteiger partial charge in [-0.2, -0.15) is 0 Å². The predicted octanol–water partition coefficient (Wildman–Crippen LogP) is 12.6. The van der Waals surface area contributed by atoms with Crippen LogP contribution in [0.1, 0.15) is 194 Å². The van der Waals surface area contributed by atoms with Crippen LogP contribution in [-0.2, 0) is 28.6 Å². The van der Waals surface area contributed by atoms with Gasteiger partial charge in [0.1, 0.15) is 12.6 Å². The minimum atomic E-state index is -1.14. The lowest BCUT2D eigenvalue weighted by atomic mass is 10.1. The average molecular weight is 854 g/mol. The lowest BCUT2D eigenvalue weighted by Gasteiger charge is -2.34. The summed E-state index contributed by atoms with van der Waals surface area (Å²) in [6.45, 7) is 4.55. The highest BCUT2D eigenvalue weighted by Crippen LogP contribution is 2.14. The van der Waals surface area contributed by atoms with Crippen LogP contribution >= 0.6 is 0 Å². The first-order chi connectivity index (χ1) is 29.6. The fourth-order valence-electron chi connectivity index (χ4n) is 6.76. The third-order valence-electron chi connectivity index (χ3n) is 10.6. The topological polar surface area (TPSA) is 102 Å². The van der Waals surface area contributed by atoms with Crippen LogP contribution < -0.4 is 5.11 Å². The van der Waals surface area contributed by atoms with Crippen LogP contribution in [0, 0.1) is 0 Å². The van der Waals surface area contributed by atoms with Gasteiger partial charge in [0.25, 0.3) is 0 Å². The number of hydrogen-bond acceptors (Lipinski definition) is 7. The van der Waals surface area contributed by atoms with Crippen molar-refractivity contribution >= 4 is 17.9 Å². The fraction of sp³-hybridized carbons (Fsp3) is 0.717. The maximum absolute atomic E-state index is 12.7. The summed E-state index contributed by atoms with van der Waals surface area (Å²) in [5.41, 5.74) is 0. The van der Waals surface area contributed by atoms with E-state index in [1.165, 1.54) is 109 Å². The number of carbonyl (C=O) groups is 3. The van der Waals surface area contributed by atoms with E-state index in [4.69, 9.17) is 14.2 Å². The second-order valence-electron chi connectivity index (χ2n) is 17.4. The number of hydrogen-bond donors (Lipinski definition) is 0. The number of carbonyl (C=O) groups excluding carboxylic acids is 3. The molecule has 0 bridgehead atoms. The fourth-order valence-corrected chi connectivity index (χ4v) is 6.76. The number of aliphatic carboxylic acids is 1. The molecule has 0 rings (SSSR count). The first-order valence-electron chi connectivity index (χ1n) is 24.5. The van der Waals surface area contributed by atoms with E-state index in [9.17, 15) is 19.5 Å². The van der Waals surface area contributed by atoms with E-state index in [1.807, 2.05) is 0 Å². The zero-order valence-electron chi connectivity index (χ0n) is 39.8. The molecular formula is C53H91NO7. The number of nitrogens with zero attached hydrogens (tertiary/aromatic N) is 1. The van der Waals surface area contributed by atoms with Gasteiger partial charge in [-0.3, -0.25) is 9.59 Å². The molecule has 2 atom stereocenters. The summed E-state index contributed by atoms with van der Waals surface area (Å²) in [4.78, 5) is 36.9. The number of carboxylic acid groups (broad SMARTS) is 1. The lowest BCUT2D eigenvalue weighted by Crippen LogP contribution is -2.55. The van der Waals surface area contributed by atoms with Crippen molar-refractivity contribution < 1.29 is 38.2 Å². The molecule has 0 saturated carbocycles. The molecular weight excluding hydrogens is 763 g/mol. The highest BCUT2D eigenvalue weighted by Gasteiger charge is 2.25. The third-order valence-corrected chi connectivity index (χ3v) is 10.6. The van der Waals surface area contributed by atoms with E-state index in [1.54, 1.807) is 21.1 Å². The molecule has 0 aromatic carbocycles. The molecule has 0 amide bonds. The van der Waals surface area contributed by atoms with Crippen molar-refractivity contribution in [2.24, 2.45) is 0 Å². The first kappa shape index (κ1) is 57.8. The summed E-state index contributed by atoms with van der Waals surface area (Å²) >= 11 is 0. The number of carboxylic acids is 1. The van der Waals surface area contributed by atoms with Crippen molar-refractivity contribution in [3.8, 4) is 0 Å². The Hall–Kier alpha value is -3.23. The molecule has 0 aliphatic heterocycles. The second-order valence-corrected chi connectivity index (χ2v) is 17.4. The molecule has 61 heavy (non-hydrogen) atoms. The van der Waals surface area contributed by atoms with Gasteiger partial charge < -0.3 is 28.6 Å². The van der Waals surface area contributed by atoms with E-state index in [2.05, 4.69) is 86.8 Å². The molecule has 350 valence electrons. The average Bonchev–Trinajstić information content (AvgIpc) is 3.22. The van der Waals surface area contributed by atoms with Crippen LogP contribution in [0.3, 0.4) is 0 Å². The minimum absolute atomic E-state index is 0.0149. The third kappa shape index (κ3) is 41.9. The smallest absolute Gasteiger partial charge is 0.306 e. The molecule has 2 unspecified atom stereocenters. The van der Waals surface area contributed by atoms with Gasteiger partial charge in [0.15, 0.2) is 6.10 Å². The van der Waals surface area contributed by atoms with E-state index in [0.717, 1.165) is 44.9 Å². The number of ether oxygens (including phenoxy) is 3. The Kier molecular flexibility index (Phi) is 41.1. The van der Waals surface area contributed by atoms with E-state index in [-0.39, 0.29) is 49.1 Å². The Labute approximate surface area is 374 Å². The van der Waals surface area contributed by atoms with Crippen molar-refractivity contribution in [3.05, 3.63) is 72.9 Å². The molecule has 0 heterocycles. The Bertz CT molecular complexity index is 1230. The van der Waals surface area contributed by atoms with E-state index in [0.29, 0.717) is 12.8 Å². The van der Waals surface area contributed by atoms with Gasteiger partial charge in [-0.1, -0.05) is 170 Å². The number of likely N-dealkylation sites (N-methyl/N-ethyl adjacent to an activating group) is 1. The zero-order valence-corrected chi connectivity index (χ0v) is 39.8. The molecule has 0 radical (unpaired) electrons. The number of allylic oxidation sites excluding steroid dienone is 12. The Morgan fingerprint density at radius 3 is 1.46 bits per heavy atom. The molecule has 0 aliphatic carbocycles. The molecule has 0 spiro atoms. The molecule has 0 fully saturated rings. The van der Waals surface area contributed by atoms with Crippen LogP contribution in [0.15, 0.2) is 72.9 Å². The highest BCUT2D eigenvalue weighted by atomic mass is 16.6. The van der Waals surface area contributed by atoms with Crippen molar-refractivity contribution in [3.63, 3.8) is 0 Å². The monoisotopic (exact) mass is 854 g/mol. The SMILES string of the molecule is CCCCC/C=C/C/C=C/C/C=C/C/C=C/CCCC(=O)OC(COCCC(C(=O)[O-])[N+](C)(C)C)COC(=O)CCCCCCCCCCCC/C=C/C=C/CCCCCC. The van der Waals surface area contributed by atoms with Gasteiger partial charge in [-0.05, 0) is 77.0 Å². The first-order valence-corrected chi connectivity index (χ1v) is 24.5. The largest absolute Gasteiger partial charge is 0.544 e. The van der Waals surface area contributed by atoms with Crippen LogP contribution in [0.4, 0.5) is 0 Å². The summed E-state index contributed by atoms with van der Waals surface area (Å²) in [6, 6.07) is -0.739. The van der Waals surface area contributed by atoms with E-state index < -0.39 is 18.1 Å². The van der Waals surface area contributed by atoms with E-state index >= 15 is 0 Å². The number of esters is 2. The summed E-state index contributed by atoms with van der Waals surface area (Å²) < 4.78 is 17.1. The second kappa shape index (κ2) is 43.4. The van der Waals surface area contributed by atoms with Gasteiger partial charge in [0, 0.05) is 19.3 Å². The molecule has 0 saturated heterocycles. The Morgan fingerprint density at radius 2 is 0.934 bits per heavy atom. The number of rotatable bonds is 43. The highest BCUT2D eigenvalue weighted by molar-refractivity contribution is 5.70. The Balaban J connectivity index is 4.37. The van der Waals surface area contributed by atoms with Crippen LogP contribution in [0.2, 0.25) is 0 Å². The molecule has 0 N–H and O–H groups in total. The normalized spacial score (nSPS) is 13.5. The predicted molar refractivity (Wildman–Crippen MR) is 254 cm³/mol. The lowest BCUT2D eigenvalue weighted by molar-refractivity contribution is -0.889. The molecule has 0 aliphatic rings. The molecule has 8 nitrogen and oxygen atoms in total. The maximum atomic E-state index is 12.7. The zero-order chi connectivity index (χ0) is 44.9. The molecule has 8 heteroatoms. The van der Waals surface area contributed by atoms with Gasteiger partial charge in [0.05, 0.1) is 40.3 Å². The van der Waals surface area contributed by atoms with Crippen molar-refractivity contribution in [2.45, 2.75) is 206 Å². The van der Waals surface area contributed by atoms with Gasteiger partial charge in [-0.25, -0.2) is 0 Å². The molecule has 0 aromatic rings. The standard InChI is InChI=1S/C53H91NO7/c1-6-8-10-12-14-16-18-20-22-24-25-26-28-29-31-33-35-37-39-41-43-51(55)60-48-49(47-59-46-45-50(53(57)58)54(3,4)5)61-52(56)44-42-40-38-36-34-32-30-27-23-21-19-17-15-13-11-9-7-2/h15-18,20-23,30,32,36,38,49-50H,6-14,19,24-29,31,33-35,37,39-48H2,1-5H3/b17-15+,18-16+,22-20+,23-21+,32-30+,38-36+. The van der Waals surface area contributed by atoms with Crippen molar-refractivity contribution in [1.82, 2.24) is 0 Å². The summed E-state index contributed by atoms with van der Waals surface area (Å²) in [7, 11) is 5.39. The Morgan fingerprint density at radius 1 is 0.508 bits per heavy atom. The van der Waals surface area contributed by atoms with Crippen LogP contribution in [0.25, 0.3) is 0 Å². The summed E-state index contributed by atoms with van der Waals surface area (Å²) in [5.74, 6) is -1.82. The maximum Gasteiger partial charge on any atom is 0.306 e. The van der Waals surface area contributed by atoms with Gasteiger partial charge >= 0.3 is 11.9 Å². The van der Waals surface area contributed by atoms with Crippen LogP contribution in [-0.4, -0.2) is 75.5 Å². The number of quaternary nitrogens is 1. The quantitative estimate of drug-likeness (QED) is 0.0198. The minimum Gasteiger partial charge on any atom is -0.544 e. The van der Waals surface area contributed by atoms with Crippen molar-refractivity contribution in [1.29, 1.82) is 0 Å².